The molecule has 0 bridgehead atoms. The summed E-state index contributed by atoms with van der Waals surface area (Å²) in [5.74, 6) is -0.343. The van der Waals surface area contributed by atoms with Crippen molar-refractivity contribution < 1.29 is 9.59 Å². The Hall–Kier alpha value is -2.04. The summed E-state index contributed by atoms with van der Waals surface area (Å²) in [5.41, 5.74) is 1.13. The number of hydrogen-bond donors (Lipinski definition) is 1. The van der Waals surface area contributed by atoms with Crippen LogP contribution in [0.1, 0.15) is 11.6 Å². The Balaban J connectivity index is 1.96. The van der Waals surface area contributed by atoms with Crippen LogP contribution in [0.2, 0.25) is 10.0 Å². The third-order valence-corrected chi connectivity index (χ3v) is 3.97. The summed E-state index contributed by atoms with van der Waals surface area (Å²) in [6.45, 7) is 0. The topological polar surface area (TPSA) is 49.4 Å². The van der Waals surface area contributed by atoms with Gasteiger partial charge < -0.3 is 5.32 Å². The summed E-state index contributed by atoms with van der Waals surface area (Å²) in [4.78, 5) is 25.6. The number of rotatable bonds is 2. The molecule has 1 heterocycles. The molecular weight excluding hydrogens is 311 g/mol. The molecule has 1 saturated heterocycles. The normalized spacial score (nSPS) is 18.0. The van der Waals surface area contributed by atoms with Crippen molar-refractivity contribution >= 4 is 40.8 Å². The number of amides is 3. The number of urea groups is 1. The summed E-state index contributed by atoms with van der Waals surface area (Å²) in [7, 11) is 0. The fourth-order valence-electron chi connectivity index (χ4n) is 2.22. The lowest BCUT2D eigenvalue weighted by Gasteiger charge is -2.13. The zero-order valence-corrected chi connectivity index (χ0v) is 12.2. The smallest absolute Gasteiger partial charge is 0.321 e. The van der Waals surface area contributed by atoms with Crippen LogP contribution < -0.4 is 10.2 Å². The van der Waals surface area contributed by atoms with E-state index in [0.717, 1.165) is 10.5 Å². The number of nitrogens with zero attached hydrogens (tertiary/aromatic N) is 1. The van der Waals surface area contributed by atoms with Gasteiger partial charge in [0.1, 0.15) is 6.04 Å². The van der Waals surface area contributed by atoms with E-state index in [0.29, 0.717) is 10.7 Å². The van der Waals surface area contributed by atoms with Crippen LogP contribution in [0.4, 0.5) is 10.5 Å². The quantitative estimate of drug-likeness (QED) is 0.856. The van der Waals surface area contributed by atoms with Gasteiger partial charge in [0.05, 0.1) is 15.7 Å². The lowest BCUT2D eigenvalue weighted by atomic mass is 10.1. The zero-order chi connectivity index (χ0) is 15.0. The third-order valence-electron chi connectivity index (χ3n) is 3.23. The van der Waals surface area contributed by atoms with Crippen molar-refractivity contribution in [1.29, 1.82) is 0 Å². The molecule has 0 saturated carbocycles. The van der Waals surface area contributed by atoms with Crippen LogP contribution in [0.25, 0.3) is 0 Å². The largest absolute Gasteiger partial charge is 0.329 e. The fraction of sp³-hybridized carbons (Fsp3) is 0.0667. The Morgan fingerprint density at radius 3 is 2.33 bits per heavy atom. The van der Waals surface area contributed by atoms with Crippen LogP contribution in [0.15, 0.2) is 48.5 Å². The first-order valence-electron chi connectivity index (χ1n) is 6.22. The first-order chi connectivity index (χ1) is 10.1. The highest BCUT2D eigenvalue weighted by Crippen LogP contribution is 2.31. The number of imide groups is 1. The van der Waals surface area contributed by atoms with Crippen LogP contribution in [0.5, 0.6) is 0 Å². The highest BCUT2D eigenvalue weighted by atomic mass is 35.5. The molecule has 1 atom stereocenters. The maximum atomic E-state index is 12.5. The van der Waals surface area contributed by atoms with Gasteiger partial charge in [-0.1, -0.05) is 53.5 Å². The molecule has 1 N–H and O–H groups in total. The van der Waals surface area contributed by atoms with Crippen molar-refractivity contribution in [2.24, 2.45) is 0 Å². The van der Waals surface area contributed by atoms with Gasteiger partial charge in [-0.2, -0.15) is 0 Å². The monoisotopic (exact) mass is 320 g/mol. The van der Waals surface area contributed by atoms with Crippen LogP contribution in [-0.2, 0) is 4.79 Å². The first-order valence-corrected chi connectivity index (χ1v) is 6.98. The minimum absolute atomic E-state index is 0.290. The molecule has 3 rings (SSSR count). The van der Waals surface area contributed by atoms with E-state index in [4.69, 9.17) is 23.2 Å². The van der Waals surface area contributed by atoms with Crippen molar-refractivity contribution in [2.75, 3.05) is 4.90 Å². The Morgan fingerprint density at radius 2 is 1.67 bits per heavy atom. The number of hydrogen-bond acceptors (Lipinski definition) is 2. The maximum absolute atomic E-state index is 12.5. The molecule has 21 heavy (non-hydrogen) atoms. The van der Waals surface area contributed by atoms with E-state index in [1.165, 1.54) is 6.07 Å². The van der Waals surface area contributed by atoms with E-state index in [-0.39, 0.29) is 10.9 Å². The number of carbonyl (C=O) groups excluding carboxylic acids is 2. The Kier molecular flexibility index (Phi) is 3.57. The van der Waals surface area contributed by atoms with Crippen LogP contribution in [0.3, 0.4) is 0 Å². The minimum atomic E-state index is -0.687. The van der Waals surface area contributed by atoms with E-state index < -0.39 is 12.1 Å². The average Bonchev–Trinajstić information content (AvgIpc) is 2.78. The lowest BCUT2D eigenvalue weighted by molar-refractivity contribution is -0.118. The SMILES string of the molecule is O=C1NC(c2ccccc2)C(=O)N1c1ccc(Cl)c(Cl)c1. The van der Waals surface area contributed by atoms with Gasteiger partial charge in [-0.05, 0) is 23.8 Å². The molecule has 0 aliphatic carbocycles. The van der Waals surface area contributed by atoms with Gasteiger partial charge in [0.15, 0.2) is 0 Å². The van der Waals surface area contributed by atoms with E-state index in [9.17, 15) is 9.59 Å². The minimum Gasteiger partial charge on any atom is -0.321 e. The predicted molar refractivity (Wildman–Crippen MR) is 81.7 cm³/mol. The van der Waals surface area contributed by atoms with E-state index >= 15 is 0 Å². The number of benzene rings is 2. The predicted octanol–water partition coefficient (Wildman–Crippen LogP) is 3.79. The van der Waals surface area contributed by atoms with Crippen LogP contribution >= 0.6 is 23.2 Å². The molecule has 0 aromatic heterocycles. The van der Waals surface area contributed by atoms with Crippen molar-refractivity contribution in [3.05, 3.63) is 64.1 Å². The second kappa shape index (κ2) is 5.39. The Morgan fingerprint density at radius 1 is 0.952 bits per heavy atom. The summed E-state index contributed by atoms with van der Waals surface area (Å²) in [6, 6.07) is 12.5. The molecule has 1 unspecified atom stereocenters. The van der Waals surface area contributed by atoms with E-state index in [1.54, 1.807) is 24.3 Å². The summed E-state index contributed by atoms with van der Waals surface area (Å²) in [5, 5.41) is 3.32. The molecule has 6 heteroatoms. The zero-order valence-electron chi connectivity index (χ0n) is 10.7. The number of anilines is 1. The van der Waals surface area contributed by atoms with Crippen molar-refractivity contribution in [1.82, 2.24) is 5.32 Å². The van der Waals surface area contributed by atoms with Gasteiger partial charge in [0.25, 0.3) is 5.91 Å². The highest BCUT2D eigenvalue weighted by Gasteiger charge is 2.39. The average molecular weight is 321 g/mol. The summed E-state index contributed by atoms with van der Waals surface area (Å²) < 4.78 is 0. The number of nitrogens with one attached hydrogen (secondary N) is 1. The number of halogens is 2. The third kappa shape index (κ3) is 2.48. The van der Waals surface area contributed by atoms with E-state index in [2.05, 4.69) is 5.32 Å². The Bertz CT molecular complexity index is 719. The van der Waals surface area contributed by atoms with Crippen LogP contribution in [-0.4, -0.2) is 11.9 Å². The lowest BCUT2D eigenvalue weighted by Crippen LogP contribution is -2.30. The van der Waals surface area contributed by atoms with Gasteiger partial charge >= 0.3 is 6.03 Å². The van der Waals surface area contributed by atoms with E-state index in [1.807, 2.05) is 18.2 Å². The molecule has 1 aliphatic heterocycles. The van der Waals surface area contributed by atoms with Gasteiger partial charge in [0, 0.05) is 0 Å². The van der Waals surface area contributed by atoms with Gasteiger partial charge in [-0.3, -0.25) is 4.79 Å². The molecule has 2 aromatic carbocycles. The van der Waals surface area contributed by atoms with Gasteiger partial charge in [0.2, 0.25) is 0 Å². The van der Waals surface area contributed by atoms with Gasteiger partial charge in [-0.15, -0.1) is 0 Å². The summed E-state index contributed by atoms with van der Waals surface area (Å²) in [6.07, 6.45) is 0. The molecule has 2 aromatic rings. The van der Waals surface area contributed by atoms with Crippen LogP contribution in [0, 0.1) is 0 Å². The van der Waals surface area contributed by atoms with Crippen molar-refractivity contribution in [2.45, 2.75) is 6.04 Å². The second-order valence-electron chi connectivity index (χ2n) is 4.57. The Labute approximate surface area is 131 Å². The maximum Gasteiger partial charge on any atom is 0.329 e. The summed E-state index contributed by atoms with van der Waals surface area (Å²) >= 11 is 11.8. The molecule has 0 spiro atoms. The highest BCUT2D eigenvalue weighted by molar-refractivity contribution is 6.42. The molecule has 0 radical (unpaired) electrons. The standard InChI is InChI=1S/C15H10Cl2N2O2/c16-11-7-6-10(8-12(11)17)19-14(20)13(18-15(19)21)9-4-2-1-3-5-9/h1-8,13H,(H,18,21). The molecule has 4 nitrogen and oxygen atoms in total. The molecular formula is C15H10Cl2N2O2. The number of carbonyl (C=O) groups is 2. The molecule has 1 fully saturated rings. The van der Waals surface area contributed by atoms with Crippen molar-refractivity contribution in [3.8, 4) is 0 Å². The van der Waals surface area contributed by atoms with Gasteiger partial charge in [-0.25, -0.2) is 9.69 Å². The second-order valence-corrected chi connectivity index (χ2v) is 5.38. The first kappa shape index (κ1) is 13.9. The molecule has 3 amide bonds. The van der Waals surface area contributed by atoms with Crippen molar-refractivity contribution in [3.63, 3.8) is 0 Å². The molecule has 106 valence electrons. The fourth-order valence-corrected chi connectivity index (χ4v) is 2.51. The molecule has 1 aliphatic rings.